The predicted molar refractivity (Wildman–Crippen MR) is 78.8 cm³/mol. The molecule has 0 radical (unpaired) electrons. The molecule has 2 nitrogen and oxygen atoms in total. The van der Waals surface area contributed by atoms with E-state index in [0.29, 0.717) is 4.75 Å². The van der Waals surface area contributed by atoms with Crippen molar-refractivity contribution in [1.82, 2.24) is 4.90 Å². The van der Waals surface area contributed by atoms with Crippen LogP contribution in [0.5, 0.6) is 0 Å². The van der Waals surface area contributed by atoms with Crippen molar-refractivity contribution >= 4 is 23.1 Å². The average molecular weight is 270 g/mol. The SMILES string of the molecule is CC1(C)CCN(CC(N)c2cccs2)CCS1. The van der Waals surface area contributed by atoms with Gasteiger partial charge in [-0.25, -0.2) is 0 Å². The van der Waals surface area contributed by atoms with Gasteiger partial charge in [0, 0.05) is 28.5 Å². The first kappa shape index (κ1) is 13.4. The number of thiophene rings is 1. The summed E-state index contributed by atoms with van der Waals surface area (Å²) in [5.74, 6) is 1.23. The van der Waals surface area contributed by atoms with Crippen LogP contribution in [0.4, 0.5) is 0 Å². The maximum absolute atomic E-state index is 6.25. The zero-order valence-corrected chi connectivity index (χ0v) is 12.3. The van der Waals surface area contributed by atoms with Gasteiger partial charge in [0.05, 0.1) is 6.04 Å². The van der Waals surface area contributed by atoms with Crippen LogP contribution in [0.1, 0.15) is 31.2 Å². The lowest BCUT2D eigenvalue weighted by Crippen LogP contribution is -2.34. The van der Waals surface area contributed by atoms with Crippen molar-refractivity contribution in [3.05, 3.63) is 22.4 Å². The third-order valence-corrected chi connectivity index (χ3v) is 5.67. The first-order valence-corrected chi connectivity index (χ1v) is 8.09. The van der Waals surface area contributed by atoms with Crippen LogP contribution in [0.25, 0.3) is 0 Å². The standard InChI is InChI=1S/C13H22N2S2/c1-13(2)5-6-15(7-9-17-13)10-11(14)12-4-3-8-16-12/h3-4,8,11H,5-7,9-10,14H2,1-2H3. The van der Waals surface area contributed by atoms with E-state index in [0.717, 1.165) is 6.54 Å². The van der Waals surface area contributed by atoms with Crippen LogP contribution in [0.3, 0.4) is 0 Å². The number of rotatable bonds is 3. The molecule has 1 aliphatic rings. The molecule has 2 rings (SSSR count). The normalized spacial score (nSPS) is 23.2. The molecule has 0 bridgehead atoms. The Balaban J connectivity index is 1.87. The monoisotopic (exact) mass is 270 g/mol. The molecule has 2 N–H and O–H groups in total. The van der Waals surface area contributed by atoms with Crippen molar-refractivity contribution in [3.63, 3.8) is 0 Å². The molecule has 96 valence electrons. The molecule has 0 aromatic carbocycles. The predicted octanol–water partition coefficient (Wildman–Crippen LogP) is 2.97. The Hall–Kier alpha value is -0.0300. The maximum Gasteiger partial charge on any atom is 0.0519 e. The van der Waals surface area contributed by atoms with E-state index in [2.05, 4.69) is 48.0 Å². The highest BCUT2D eigenvalue weighted by atomic mass is 32.2. The van der Waals surface area contributed by atoms with Gasteiger partial charge >= 0.3 is 0 Å². The minimum atomic E-state index is 0.182. The Kier molecular flexibility index (Phi) is 4.53. The molecule has 1 fully saturated rings. The van der Waals surface area contributed by atoms with E-state index in [1.165, 1.54) is 30.1 Å². The lowest BCUT2D eigenvalue weighted by atomic mass is 10.1. The van der Waals surface area contributed by atoms with Gasteiger partial charge in [-0.2, -0.15) is 11.8 Å². The Bertz CT molecular complexity index is 335. The largest absolute Gasteiger partial charge is 0.322 e. The summed E-state index contributed by atoms with van der Waals surface area (Å²) < 4.78 is 0.432. The number of nitrogens with zero attached hydrogens (tertiary/aromatic N) is 1. The number of thioether (sulfide) groups is 1. The minimum absolute atomic E-state index is 0.182. The van der Waals surface area contributed by atoms with Crippen LogP contribution in [0, 0.1) is 0 Å². The van der Waals surface area contributed by atoms with E-state index in [4.69, 9.17) is 5.73 Å². The average Bonchev–Trinajstić information content (AvgIpc) is 2.73. The molecule has 1 atom stereocenters. The molecule has 4 heteroatoms. The Labute approximate surface area is 113 Å². The van der Waals surface area contributed by atoms with Gasteiger partial charge in [0.15, 0.2) is 0 Å². The van der Waals surface area contributed by atoms with E-state index in [-0.39, 0.29) is 6.04 Å². The van der Waals surface area contributed by atoms with Crippen molar-refractivity contribution in [2.75, 3.05) is 25.4 Å². The molecular weight excluding hydrogens is 248 g/mol. The summed E-state index contributed by atoms with van der Waals surface area (Å²) in [7, 11) is 0. The Morgan fingerprint density at radius 2 is 2.29 bits per heavy atom. The van der Waals surface area contributed by atoms with Gasteiger partial charge in [-0.1, -0.05) is 19.9 Å². The van der Waals surface area contributed by atoms with Gasteiger partial charge < -0.3 is 10.6 Å². The van der Waals surface area contributed by atoms with Crippen LogP contribution < -0.4 is 5.73 Å². The van der Waals surface area contributed by atoms with Gasteiger partial charge in [0.2, 0.25) is 0 Å². The maximum atomic E-state index is 6.25. The van der Waals surface area contributed by atoms with Crippen molar-refractivity contribution in [2.24, 2.45) is 5.73 Å². The zero-order valence-electron chi connectivity index (χ0n) is 10.7. The summed E-state index contributed by atoms with van der Waals surface area (Å²) in [5, 5.41) is 2.11. The fourth-order valence-corrected chi connectivity index (χ4v) is 3.97. The van der Waals surface area contributed by atoms with E-state index in [1.54, 1.807) is 11.3 Å². The van der Waals surface area contributed by atoms with Crippen molar-refractivity contribution < 1.29 is 0 Å². The first-order valence-electron chi connectivity index (χ1n) is 6.22. The number of hydrogen-bond donors (Lipinski definition) is 1. The molecule has 1 aromatic heterocycles. The van der Waals surface area contributed by atoms with Crippen molar-refractivity contribution in [1.29, 1.82) is 0 Å². The number of hydrogen-bond acceptors (Lipinski definition) is 4. The van der Waals surface area contributed by atoms with Gasteiger partial charge in [0.25, 0.3) is 0 Å². The summed E-state index contributed by atoms with van der Waals surface area (Å²) in [4.78, 5) is 3.83. The van der Waals surface area contributed by atoms with Crippen molar-refractivity contribution in [2.45, 2.75) is 31.1 Å². The highest BCUT2D eigenvalue weighted by molar-refractivity contribution is 8.00. The van der Waals surface area contributed by atoms with Gasteiger partial charge in [-0.3, -0.25) is 0 Å². The molecule has 1 aromatic rings. The molecule has 1 unspecified atom stereocenters. The molecule has 17 heavy (non-hydrogen) atoms. The molecule has 0 aliphatic carbocycles. The van der Waals surface area contributed by atoms with Crippen LogP contribution in [-0.4, -0.2) is 35.0 Å². The van der Waals surface area contributed by atoms with Crippen LogP contribution >= 0.6 is 23.1 Å². The second-order valence-corrected chi connectivity index (χ2v) is 8.06. The molecule has 0 saturated carbocycles. The van der Waals surface area contributed by atoms with E-state index in [1.807, 2.05) is 0 Å². The molecular formula is C13H22N2S2. The lowest BCUT2D eigenvalue weighted by Gasteiger charge is -2.24. The Morgan fingerprint density at radius 1 is 1.47 bits per heavy atom. The molecule has 1 saturated heterocycles. The lowest BCUT2D eigenvalue weighted by molar-refractivity contribution is 0.268. The van der Waals surface area contributed by atoms with Crippen molar-refractivity contribution in [3.8, 4) is 0 Å². The minimum Gasteiger partial charge on any atom is -0.322 e. The molecule has 0 spiro atoms. The topological polar surface area (TPSA) is 29.3 Å². The number of nitrogens with two attached hydrogens (primary N) is 1. The van der Waals surface area contributed by atoms with E-state index >= 15 is 0 Å². The Morgan fingerprint density at radius 3 is 3.00 bits per heavy atom. The molecule has 1 aliphatic heterocycles. The van der Waals surface area contributed by atoms with Crippen LogP contribution in [-0.2, 0) is 0 Å². The first-order chi connectivity index (χ1) is 8.07. The fourth-order valence-electron chi connectivity index (χ4n) is 2.12. The summed E-state index contributed by atoms with van der Waals surface area (Å²) in [5.41, 5.74) is 6.25. The second-order valence-electron chi connectivity index (χ2n) is 5.28. The summed E-state index contributed by atoms with van der Waals surface area (Å²) in [6.45, 7) is 8.05. The summed E-state index contributed by atoms with van der Waals surface area (Å²) in [6.07, 6.45) is 1.26. The van der Waals surface area contributed by atoms with E-state index in [9.17, 15) is 0 Å². The quantitative estimate of drug-likeness (QED) is 0.915. The molecule has 0 amide bonds. The van der Waals surface area contributed by atoms with Gasteiger partial charge in [-0.15, -0.1) is 11.3 Å². The fraction of sp³-hybridized carbons (Fsp3) is 0.692. The third-order valence-electron chi connectivity index (χ3n) is 3.29. The van der Waals surface area contributed by atoms with Crippen LogP contribution in [0.2, 0.25) is 0 Å². The van der Waals surface area contributed by atoms with Gasteiger partial charge in [-0.05, 0) is 24.4 Å². The highest BCUT2D eigenvalue weighted by Gasteiger charge is 2.24. The second kappa shape index (κ2) is 5.74. The smallest absolute Gasteiger partial charge is 0.0519 e. The zero-order chi connectivity index (χ0) is 12.3. The summed E-state index contributed by atoms with van der Waals surface area (Å²) >= 11 is 3.86. The molecule has 2 heterocycles. The van der Waals surface area contributed by atoms with Gasteiger partial charge in [0.1, 0.15) is 0 Å². The van der Waals surface area contributed by atoms with Crippen LogP contribution in [0.15, 0.2) is 17.5 Å². The highest BCUT2D eigenvalue weighted by Crippen LogP contribution is 2.31. The van der Waals surface area contributed by atoms with E-state index < -0.39 is 0 Å². The third kappa shape index (κ3) is 3.98. The summed E-state index contributed by atoms with van der Waals surface area (Å²) in [6, 6.07) is 4.41.